The first-order valence-corrected chi connectivity index (χ1v) is 5.53. The smallest absolute Gasteiger partial charge is 0.356 e. The van der Waals surface area contributed by atoms with E-state index in [0.717, 1.165) is 5.69 Å². The summed E-state index contributed by atoms with van der Waals surface area (Å²) in [7, 11) is 1.55. The van der Waals surface area contributed by atoms with Gasteiger partial charge < -0.3 is 15.3 Å². The van der Waals surface area contributed by atoms with Gasteiger partial charge in [0, 0.05) is 5.69 Å². The van der Waals surface area contributed by atoms with Gasteiger partial charge in [0.2, 0.25) is 0 Å². The molecule has 0 heterocycles. The maximum atomic E-state index is 10.8. The molecular weight excluding hydrogens is 244 g/mol. The molecule has 0 aliphatic rings. The average Bonchev–Trinajstić information content (AvgIpc) is 2.48. The van der Waals surface area contributed by atoms with Crippen molar-refractivity contribution in [2.24, 2.45) is 5.90 Å². The van der Waals surface area contributed by atoms with E-state index >= 15 is 0 Å². The molecule has 0 aromatic heterocycles. The molecule has 5 heteroatoms. The average molecular weight is 260 g/mol. The zero-order valence-electron chi connectivity index (χ0n) is 10.6. The minimum Gasteiger partial charge on any atom is -0.497 e. The quantitative estimate of drug-likeness (QED) is 0.637. The van der Waals surface area contributed by atoms with Gasteiger partial charge in [0.05, 0.1) is 12.7 Å². The van der Waals surface area contributed by atoms with Crippen molar-refractivity contribution in [2.45, 2.75) is 0 Å². The molecular formula is C14H16N2O3. The van der Waals surface area contributed by atoms with Gasteiger partial charge in [-0.2, -0.15) is 5.90 Å². The number of ether oxygens (including phenoxy) is 1. The molecule has 0 atom stereocenters. The lowest BCUT2D eigenvalue weighted by molar-refractivity contribution is 0.0503. The summed E-state index contributed by atoms with van der Waals surface area (Å²) in [6, 6.07) is 16.0. The van der Waals surface area contributed by atoms with Crippen LogP contribution in [-0.4, -0.2) is 13.1 Å². The van der Waals surface area contributed by atoms with Gasteiger partial charge in [-0.25, -0.2) is 4.79 Å². The van der Waals surface area contributed by atoms with Crippen molar-refractivity contribution in [3.63, 3.8) is 0 Å². The molecule has 0 saturated carbocycles. The summed E-state index contributed by atoms with van der Waals surface area (Å²) >= 11 is 0. The van der Waals surface area contributed by atoms with Gasteiger partial charge in [0.25, 0.3) is 0 Å². The lowest BCUT2D eigenvalue weighted by Gasteiger charge is -2.00. The van der Waals surface area contributed by atoms with Crippen molar-refractivity contribution in [3.05, 3.63) is 60.2 Å². The van der Waals surface area contributed by atoms with Crippen LogP contribution >= 0.6 is 0 Å². The Morgan fingerprint density at radius 3 is 1.95 bits per heavy atom. The Kier molecular flexibility index (Phi) is 5.91. The highest BCUT2D eigenvalue weighted by Crippen LogP contribution is 2.11. The number of methoxy groups -OCH3 is 1. The molecule has 100 valence electrons. The molecule has 0 aliphatic carbocycles. The van der Waals surface area contributed by atoms with Crippen molar-refractivity contribution < 1.29 is 14.4 Å². The summed E-state index contributed by atoms with van der Waals surface area (Å²) < 4.78 is 4.90. The van der Waals surface area contributed by atoms with Gasteiger partial charge in [-0.3, -0.25) is 0 Å². The molecule has 0 amide bonds. The molecule has 0 aliphatic heterocycles. The second-order valence-corrected chi connectivity index (χ2v) is 3.54. The van der Waals surface area contributed by atoms with Gasteiger partial charge >= 0.3 is 5.97 Å². The normalized spacial score (nSPS) is 8.95. The SMILES string of the molecule is COc1ccc(C(=O)ON)cc1.Nc1ccccc1. The predicted molar refractivity (Wildman–Crippen MR) is 73.5 cm³/mol. The van der Waals surface area contributed by atoms with Gasteiger partial charge in [0.1, 0.15) is 5.75 Å². The van der Waals surface area contributed by atoms with E-state index in [9.17, 15) is 4.79 Å². The van der Waals surface area contributed by atoms with Crippen molar-refractivity contribution in [2.75, 3.05) is 12.8 Å². The minimum atomic E-state index is -0.558. The van der Waals surface area contributed by atoms with E-state index in [0.29, 0.717) is 11.3 Å². The maximum absolute atomic E-state index is 10.8. The Morgan fingerprint density at radius 1 is 1.00 bits per heavy atom. The fourth-order valence-electron chi connectivity index (χ4n) is 1.25. The number of nitrogens with two attached hydrogens (primary N) is 2. The van der Waals surface area contributed by atoms with Crippen LogP contribution in [0.25, 0.3) is 0 Å². The summed E-state index contributed by atoms with van der Waals surface area (Å²) in [6.07, 6.45) is 0. The van der Waals surface area contributed by atoms with Crippen LogP contribution in [-0.2, 0) is 4.84 Å². The van der Waals surface area contributed by atoms with E-state index in [1.54, 1.807) is 31.4 Å². The number of hydrogen-bond acceptors (Lipinski definition) is 5. The van der Waals surface area contributed by atoms with E-state index in [4.69, 9.17) is 16.4 Å². The van der Waals surface area contributed by atoms with E-state index in [1.807, 2.05) is 30.3 Å². The third-order valence-corrected chi connectivity index (χ3v) is 2.23. The highest BCUT2D eigenvalue weighted by molar-refractivity contribution is 5.89. The Labute approximate surface area is 111 Å². The number of carbonyl (C=O) groups excluding carboxylic acids is 1. The second kappa shape index (κ2) is 7.73. The molecule has 0 spiro atoms. The number of nitrogen functional groups attached to an aromatic ring is 1. The number of rotatable bonds is 2. The lowest BCUT2D eigenvalue weighted by atomic mass is 10.2. The Bertz CT molecular complexity index is 498. The third-order valence-electron chi connectivity index (χ3n) is 2.23. The van der Waals surface area contributed by atoms with Crippen molar-refractivity contribution in [1.82, 2.24) is 0 Å². The standard InChI is InChI=1S/C8H9NO3.C6H7N/c1-11-7-4-2-6(3-5-7)8(10)12-9;7-6-4-2-1-3-5-6/h2-5H,9H2,1H3;1-5H,7H2. The summed E-state index contributed by atoms with van der Waals surface area (Å²) in [4.78, 5) is 14.9. The predicted octanol–water partition coefficient (Wildman–Crippen LogP) is 1.99. The van der Waals surface area contributed by atoms with E-state index < -0.39 is 5.97 Å². The van der Waals surface area contributed by atoms with Gasteiger partial charge in [-0.05, 0) is 36.4 Å². The molecule has 0 unspecified atom stereocenters. The summed E-state index contributed by atoms with van der Waals surface area (Å²) in [5, 5.41) is 0. The Morgan fingerprint density at radius 2 is 1.58 bits per heavy atom. The molecule has 19 heavy (non-hydrogen) atoms. The number of anilines is 1. The fourth-order valence-corrected chi connectivity index (χ4v) is 1.25. The molecule has 5 nitrogen and oxygen atoms in total. The highest BCUT2D eigenvalue weighted by atomic mass is 16.7. The Balaban J connectivity index is 0.000000218. The van der Waals surface area contributed by atoms with Crippen LogP contribution in [0.4, 0.5) is 5.69 Å². The molecule has 2 rings (SSSR count). The summed E-state index contributed by atoms with van der Waals surface area (Å²) in [5.74, 6) is 4.82. The monoisotopic (exact) mass is 260 g/mol. The van der Waals surface area contributed by atoms with Crippen molar-refractivity contribution in [3.8, 4) is 5.75 Å². The van der Waals surface area contributed by atoms with Gasteiger partial charge in [-0.15, -0.1) is 0 Å². The largest absolute Gasteiger partial charge is 0.497 e. The molecule has 0 bridgehead atoms. The van der Waals surface area contributed by atoms with Crippen LogP contribution in [0.3, 0.4) is 0 Å². The van der Waals surface area contributed by atoms with Crippen LogP contribution in [0.1, 0.15) is 10.4 Å². The molecule has 0 radical (unpaired) electrons. The second-order valence-electron chi connectivity index (χ2n) is 3.54. The van der Waals surface area contributed by atoms with Gasteiger partial charge in [0.15, 0.2) is 0 Å². The summed E-state index contributed by atoms with van der Waals surface area (Å²) in [6.45, 7) is 0. The van der Waals surface area contributed by atoms with Crippen LogP contribution < -0.4 is 16.4 Å². The zero-order valence-corrected chi connectivity index (χ0v) is 10.6. The first-order valence-electron chi connectivity index (χ1n) is 5.53. The first-order chi connectivity index (χ1) is 9.17. The molecule has 4 N–H and O–H groups in total. The molecule has 0 fully saturated rings. The third kappa shape index (κ3) is 5.10. The summed E-state index contributed by atoms with van der Waals surface area (Å²) in [5.41, 5.74) is 6.58. The first kappa shape index (κ1) is 14.5. The topological polar surface area (TPSA) is 87.6 Å². The van der Waals surface area contributed by atoms with Crippen molar-refractivity contribution in [1.29, 1.82) is 0 Å². The number of benzene rings is 2. The number of carbonyl (C=O) groups is 1. The zero-order chi connectivity index (χ0) is 14.1. The molecule has 0 saturated heterocycles. The maximum Gasteiger partial charge on any atom is 0.356 e. The molecule has 2 aromatic rings. The number of para-hydroxylation sites is 1. The van der Waals surface area contributed by atoms with Gasteiger partial charge in [-0.1, -0.05) is 18.2 Å². The highest BCUT2D eigenvalue weighted by Gasteiger charge is 2.04. The number of hydrogen-bond donors (Lipinski definition) is 2. The van der Waals surface area contributed by atoms with E-state index in [1.165, 1.54) is 0 Å². The van der Waals surface area contributed by atoms with E-state index in [2.05, 4.69) is 4.84 Å². The van der Waals surface area contributed by atoms with E-state index in [-0.39, 0.29) is 0 Å². The fraction of sp³-hybridized carbons (Fsp3) is 0.0714. The van der Waals surface area contributed by atoms with Crippen LogP contribution in [0.15, 0.2) is 54.6 Å². The van der Waals surface area contributed by atoms with Crippen LogP contribution in [0, 0.1) is 0 Å². The lowest BCUT2D eigenvalue weighted by Crippen LogP contribution is -2.09. The minimum absolute atomic E-state index is 0.401. The molecule has 2 aromatic carbocycles. The van der Waals surface area contributed by atoms with Crippen LogP contribution in [0.2, 0.25) is 0 Å². The van der Waals surface area contributed by atoms with Crippen LogP contribution in [0.5, 0.6) is 5.75 Å². The Hall–Kier alpha value is -2.53. The van der Waals surface area contributed by atoms with Crippen molar-refractivity contribution >= 4 is 11.7 Å².